The van der Waals surface area contributed by atoms with Crippen molar-refractivity contribution in [3.05, 3.63) is 95.1 Å². The molecule has 1 heterocycles. The van der Waals surface area contributed by atoms with Gasteiger partial charge in [-0.3, -0.25) is 0 Å². The van der Waals surface area contributed by atoms with Crippen LogP contribution in [0.2, 0.25) is 0 Å². The number of carbonyl (C=O) groups excluding carboxylic acids is 1. The number of ether oxygens (including phenoxy) is 3. The van der Waals surface area contributed by atoms with Gasteiger partial charge in [0.05, 0.1) is 5.56 Å². The molecule has 4 rings (SSSR count). The van der Waals surface area contributed by atoms with Crippen molar-refractivity contribution >= 4 is 5.97 Å². The second kappa shape index (κ2) is 7.31. The highest BCUT2D eigenvalue weighted by Gasteiger charge is 2.16. The van der Waals surface area contributed by atoms with Crippen LogP contribution in [-0.4, -0.2) is 12.8 Å². The molecular formula is C22H18O4. The van der Waals surface area contributed by atoms with E-state index in [9.17, 15) is 4.79 Å². The van der Waals surface area contributed by atoms with Gasteiger partial charge in [-0.25, -0.2) is 4.79 Å². The second-order valence-corrected chi connectivity index (χ2v) is 6.08. The molecule has 0 spiro atoms. The van der Waals surface area contributed by atoms with Crippen molar-refractivity contribution in [3.63, 3.8) is 0 Å². The maximum absolute atomic E-state index is 12.6. The highest BCUT2D eigenvalue weighted by Crippen LogP contribution is 2.32. The number of hydrogen-bond acceptors (Lipinski definition) is 4. The van der Waals surface area contributed by atoms with Crippen LogP contribution in [0.1, 0.15) is 27.0 Å². The Morgan fingerprint density at radius 2 is 1.62 bits per heavy atom. The standard InChI is InChI=1S/C22H18O4/c23-22(24-14-17-10-11-20-21(13-17)26-15-25-20)19-9-5-4-8-18(19)12-16-6-2-1-3-7-16/h1-11,13H,12,14-15H2. The monoisotopic (exact) mass is 346 g/mol. The molecule has 1 aliphatic rings. The maximum Gasteiger partial charge on any atom is 0.338 e. The minimum absolute atomic E-state index is 0.190. The first-order chi connectivity index (χ1) is 12.8. The minimum Gasteiger partial charge on any atom is -0.457 e. The summed E-state index contributed by atoms with van der Waals surface area (Å²) in [6.07, 6.45) is 0.691. The largest absolute Gasteiger partial charge is 0.457 e. The molecule has 4 nitrogen and oxygen atoms in total. The maximum atomic E-state index is 12.6. The van der Waals surface area contributed by atoms with Gasteiger partial charge in [0, 0.05) is 0 Å². The van der Waals surface area contributed by atoms with Crippen LogP contribution in [0.4, 0.5) is 0 Å². The number of rotatable bonds is 5. The number of esters is 1. The summed E-state index contributed by atoms with van der Waals surface area (Å²) < 4.78 is 16.2. The van der Waals surface area contributed by atoms with Crippen LogP contribution in [0.15, 0.2) is 72.8 Å². The Labute approximate surface area is 152 Å². The fourth-order valence-electron chi connectivity index (χ4n) is 2.95. The van der Waals surface area contributed by atoms with E-state index in [4.69, 9.17) is 14.2 Å². The van der Waals surface area contributed by atoms with Crippen LogP contribution in [0.5, 0.6) is 11.5 Å². The molecule has 0 aromatic heterocycles. The lowest BCUT2D eigenvalue weighted by atomic mass is 10.00. The van der Waals surface area contributed by atoms with E-state index in [1.807, 2.05) is 54.6 Å². The van der Waals surface area contributed by atoms with Crippen LogP contribution in [0, 0.1) is 0 Å². The lowest BCUT2D eigenvalue weighted by molar-refractivity contribution is 0.0471. The highest BCUT2D eigenvalue weighted by molar-refractivity contribution is 5.91. The smallest absolute Gasteiger partial charge is 0.338 e. The van der Waals surface area contributed by atoms with Gasteiger partial charge in [-0.1, -0.05) is 54.6 Å². The van der Waals surface area contributed by atoms with Gasteiger partial charge in [0.1, 0.15) is 6.61 Å². The van der Waals surface area contributed by atoms with E-state index in [1.54, 1.807) is 6.07 Å². The van der Waals surface area contributed by atoms with Gasteiger partial charge in [0.25, 0.3) is 0 Å². The molecule has 0 atom stereocenters. The second-order valence-electron chi connectivity index (χ2n) is 6.08. The van der Waals surface area contributed by atoms with Crippen LogP contribution < -0.4 is 9.47 Å². The summed E-state index contributed by atoms with van der Waals surface area (Å²) in [5, 5.41) is 0. The van der Waals surface area contributed by atoms with Gasteiger partial charge in [-0.2, -0.15) is 0 Å². The molecule has 0 fully saturated rings. The molecule has 0 saturated heterocycles. The molecule has 0 N–H and O–H groups in total. The van der Waals surface area contributed by atoms with E-state index in [1.165, 1.54) is 0 Å². The van der Waals surface area contributed by atoms with E-state index in [-0.39, 0.29) is 19.4 Å². The number of benzene rings is 3. The van der Waals surface area contributed by atoms with Crippen molar-refractivity contribution in [2.45, 2.75) is 13.0 Å². The van der Waals surface area contributed by atoms with E-state index in [0.29, 0.717) is 23.5 Å². The normalized spacial score (nSPS) is 12.0. The molecule has 130 valence electrons. The topological polar surface area (TPSA) is 44.8 Å². The quantitative estimate of drug-likeness (QED) is 0.644. The van der Waals surface area contributed by atoms with Gasteiger partial charge in [0.2, 0.25) is 6.79 Å². The Bertz CT molecular complexity index is 918. The van der Waals surface area contributed by atoms with Gasteiger partial charge in [-0.15, -0.1) is 0 Å². The SMILES string of the molecule is O=C(OCc1ccc2c(c1)OCO2)c1ccccc1Cc1ccccc1. The average molecular weight is 346 g/mol. The van der Waals surface area contributed by atoms with Gasteiger partial charge < -0.3 is 14.2 Å². The first kappa shape index (κ1) is 16.2. The highest BCUT2D eigenvalue weighted by atomic mass is 16.7. The third kappa shape index (κ3) is 3.54. The van der Waals surface area contributed by atoms with Crippen molar-refractivity contribution < 1.29 is 19.0 Å². The predicted octanol–water partition coefficient (Wildman–Crippen LogP) is 4.36. The zero-order chi connectivity index (χ0) is 17.8. The van der Waals surface area contributed by atoms with E-state index < -0.39 is 0 Å². The Morgan fingerprint density at radius 3 is 2.50 bits per heavy atom. The molecule has 0 unspecified atom stereocenters. The lowest BCUT2D eigenvalue weighted by Gasteiger charge is -2.10. The number of fused-ring (bicyclic) bond motifs is 1. The van der Waals surface area contributed by atoms with Crippen LogP contribution >= 0.6 is 0 Å². The summed E-state index contributed by atoms with van der Waals surface area (Å²) in [6, 6.07) is 23.2. The zero-order valence-electron chi connectivity index (χ0n) is 14.2. The molecule has 0 bridgehead atoms. The van der Waals surface area contributed by atoms with Crippen molar-refractivity contribution in [2.24, 2.45) is 0 Å². The van der Waals surface area contributed by atoms with Crippen molar-refractivity contribution in [2.75, 3.05) is 6.79 Å². The first-order valence-corrected chi connectivity index (χ1v) is 8.47. The molecule has 1 aliphatic heterocycles. The summed E-state index contributed by atoms with van der Waals surface area (Å²) in [7, 11) is 0. The summed E-state index contributed by atoms with van der Waals surface area (Å²) in [5.41, 5.74) is 3.57. The van der Waals surface area contributed by atoms with E-state index in [0.717, 1.165) is 16.7 Å². The van der Waals surface area contributed by atoms with Crippen molar-refractivity contribution in [3.8, 4) is 11.5 Å². The summed E-state index contributed by atoms with van der Waals surface area (Å²) in [5.74, 6) is 1.07. The molecular weight excluding hydrogens is 328 g/mol. The Balaban J connectivity index is 1.46. The Kier molecular flexibility index (Phi) is 4.56. The van der Waals surface area contributed by atoms with E-state index in [2.05, 4.69) is 12.1 Å². The fraction of sp³-hybridized carbons (Fsp3) is 0.136. The molecule has 0 radical (unpaired) electrons. The number of hydrogen-bond donors (Lipinski definition) is 0. The Morgan fingerprint density at radius 1 is 0.846 bits per heavy atom. The lowest BCUT2D eigenvalue weighted by Crippen LogP contribution is -2.08. The molecule has 0 amide bonds. The fourth-order valence-corrected chi connectivity index (χ4v) is 2.95. The molecule has 0 saturated carbocycles. The van der Waals surface area contributed by atoms with Gasteiger partial charge >= 0.3 is 5.97 Å². The molecule has 0 aliphatic carbocycles. The van der Waals surface area contributed by atoms with Crippen LogP contribution in [0.25, 0.3) is 0 Å². The third-order valence-electron chi connectivity index (χ3n) is 4.28. The van der Waals surface area contributed by atoms with Crippen LogP contribution in [0.3, 0.4) is 0 Å². The summed E-state index contributed by atoms with van der Waals surface area (Å²) in [6.45, 7) is 0.417. The molecule has 26 heavy (non-hydrogen) atoms. The predicted molar refractivity (Wildman–Crippen MR) is 97.4 cm³/mol. The molecule has 3 aromatic carbocycles. The Hall–Kier alpha value is -3.27. The van der Waals surface area contributed by atoms with Crippen LogP contribution in [-0.2, 0) is 17.8 Å². The average Bonchev–Trinajstić information content (AvgIpc) is 3.15. The molecule has 4 heteroatoms. The van der Waals surface area contributed by atoms with Gasteiger partial charge in [-0.05, 0) is 41.3 Å². The summed E-state index contributed by atoms with van der Waals surface area (Å²) in [4.78, 5) is 12.6. The first-order valence-electron chi connectivity index (χ1n) is 8.47. The number of carbonyl (C=O) groups is 1. The van der Waals surface area contributed by atoms with Gasteiger partial charge in [0.15, 0.2) is 11.5 Å². The zero-order valence-corrected chi connectivity index (χ0v) is 14.2. The summed E-state index contributed by atoms with van der Waals surface area (Å²) >= 11 is 0. The van der Waals surface area contributed by atoms with Crippen molar-refractivity contribution in [1.82, 2.24) is 0 Å². The molecule has 3 aromatic rings. The minimum atomic E-state index is -0.325. The van der Waals surface area contributed by atoms with E-state index >= 15 is 0 Å². The third-order valence-corrected chi connectivity index (χ3v) is 4.28. The van der Waals surface area contributed by atoms with Crippen molar-refractivity contribution in [1.29, 1.82) is 0 Å².